The highest BCUT2D eigenvalue weighted by molar-refractivity contribution is 6.88. The molecule has 0 radical (unpaired) electrons. The van der Waals surface area contributed by atoms with Gasteiger partial charge in [0.25, 0.3) is 0 Å². The highest BCUT2D eigenvalue weighted by atomic mass is 28.3. The Morgan fingerprint density at radius 3 is 2.29 bits per heavy atom. The molecule has 0 N–H and O–H groups in total. The van der Waals surface area contributed by atoms with Crippen molar-refractivity contribution in [2.24, 2.45) is 0 Å². The van der Waals surface area contributed by atoms with E-state index in [4.69, 9.17) is 4.42 Å². The van der Waals surface area contributed by atoms with Crippen LogP contribution in [0.1, 0.15) is 11.1 Å². The first kappa shape index (κ1) is 11.9. The van der Waals surface area contributed by atoms with Gasteiger partial charge in [0.1, 0.15) is 8.07 Å². The predicted molar refractivity (Wildman–Crippen MR) is 77.1 cm³/mol. The number of rotatable bonds is 3. The third-order valence-electron chi connectivity index (χ3n) is 2.63. The van der Waals surface area contributed by atoms with Crippen molar-refractivity contribution in [2.75, 3.05) is 0 Å². The minimum absolute atomic E-state index is 1.17. The molecule has 1 heterocycles. The average molecular weight is 242 g/mol. The number of benzene rings is 1. The summed E-state index contributed by atoms with van der Waals surface area (Å²) in [6, 6.07) is 12.4. The van der Waals surface area contributed by atoms with Gasteiger partial charge in [0, 0.05) is 5.56 Å². The van der Waals surface area contributed by atoms with Crippen molar-refractivity contribution >= 4 is 25.6 Å². The summed E-state index contributed by atoms with van der Waals surface area (Å²) >= 11 is 0. The predicted octanol–water partition coefficient (Wildman–Crippen LogP) is 4.00. The largest absolute Gasteiger partial charge is 0.474 e. The first-order valence-corrected chi connectivity index (χ1v) is 9.38. The lowest BCUT2D eigenvalue weighted by molar-refractivity contribution is 0.597. The van der Waals surface area contributed by atoms with Crippen LogP contribution < -0.4 is 5.38 Å². The zero-order valence-corrected chi connectivity index (χ0v) is 11.6. The molecule has 1 aromatic carbocycles. The van der Waals surface area contributed by atoms with E-state index in [0.717, 1.165) is 0 Å². The summed E-state index contributed by atoms with van der Waals surface area (Å²) in [5.41, 5.74) is 2.43. The van der Waals surface area contributed by atoms with E-state index in [2.05, 4.69) is 56.1 Å². The second-order valence-corrected chi connectivity index (χ2v) is 10.2. The van der Waals surface area contributed by atoms with E-state index in [0.29, 0.717) is 0 Å². The molecule has 1 nitrogen and oxygen atoms in total. The fraction of sp³-hybridized carbons (Fsp3) is 0.200. The molecule has 2 aromatic rings. The van der Waals surface area contributed by atoms with Gasteiger partial charge in [-0.25, -0.2) is 0 Å². The van der Waals surface area contributed by atoms with Crippen molar-refractivity contribution in [1.82, 2.24) is 0 Å². The fourth-order valence-corrected chi connectivity index (χ4v) is 3.26. The molecule has 1 aromatic heterocycles. The molecule has 0 aliphatic rings. The van der Waals surface area contributed by atoms with Crippen LogP contribution in [0.25, 0.3) is 12.2 Å². The summed E-state index contributed by atoms with van der Waals surface area (Å²) in [5.74, 6) is 0. The van der Waals surface area contributed by atoms with Crippen molar-refractivity contribution in [3.8, 4) is 0 Å². The molecule has 0 unspecified atom stereocenters. The van der Waals surface area contributed by atoms with Gasteiger partial charge in [0.2, 0.25) is 0 Å². The lowest BCUT2D eigenvalue weighted by Gasteiger charge is -2.13. The van der Waals surface area contributed by atoms with E-state index >= 15 is 0 Å². The number of hydrogen-bond donors (Lipinski definition) is 0. The molecule has 2 heteroatoms. The monoisotopic (exact) mass is 242 g/mol. The first-order valence-electron chi connectivity index (χ1n) is 5.88. The summed E-state index contributed by atoms with van der Waals surface area (Å²) in [4.78, 5) is 0. The Morgan fingerprint density at radius 1 is 0.941 bits per heavy atom. The van der Waals surface area contributed by atoms with Crippen LogP contribution in [0.2, 0.25) is 19.6 Å². The maximum absolute atomic E-state index is 5.63. The molecule has 0 aliphatic carbocycles. The Kier molecular flexibility index (Phi) is 3.34. The Hall–Kier alpha value is -1.54. The van der Waals surface area contributed by atoms with Crippen LogP contribution in [-0.4, -0.2) is 8.07 Å². The number of hydrogen-bond acceptors (Lipinski definition) is 1. The van der Waals surface area contributed by atoms with Gasteiger partial charge >= 0.3 is 0 Å². The Bertz CT molecular complexity index is 503. The van der Waals surface area contributed by atoms with Gasteiger partial charge < -0.3 is 4.42 Å². The topological polar surface area (TPSA) is 13.1 Å². The molecule has 0 aliphatic heterocycles. The van der Waals surface area contributed by atoms with Gasteiger partial charge in [-0.3, -0.25) is 0 Å². The van der Waals surface area contributed by atoms with Crippen molar-refractivity contribution in [2.45, 2.75) is 19.6 Å². The summed E-state index contributed by atoms with van der Waals surface area (Å²) in [5, 5.41) is 1.17. The van der Waals surface area contributed by atoms with Crippen LogP contribution in [0.15, 0.2) is 47.1 Å². The third-order valence-corrected chi connectivity index (χ3v) is 4.40. The fourth-order valence-electron chi connectivity index (χ4n) is 1.81. The minimum Gasteiger partial charge on any atom is -0.474 e. The molecule has 0 fully saturated rings. The highest BCUT2D eigenvalue weighted by Crippen LogP contribution is 2.12. The van der Waals surface area contributed by atoms with E-state index in [9.17, 15) is 0 Å². The van der Waals surface area contributed by atoms with Crippen LogP contribution in [0.4, 0.5) is 0 Å². The van der Waals surface area contributed by atoms with E-state index in [-0.39, 0.29) is 0 Å². The summed E-state index contributed by atoms with van der Waals surface area (Å²) in [7, 11) is -1.38. The summed E-state index contributed by atoms with van der Waals surface area (Å²) < 4.78 is 5.63. The van der Waals surface area contributed by atoms with E-state index in [1.165, 1.54) is 16.5 Å². The van der Waals surface area contributed by atoms with Crippen LogP contribution in [0.3, 0.4) is 0 Å². The molecule has 0 amide bonds. The normalized spacial score (nSPS) is 12.2. The Balaban J connectivity index is 2.26. The van der Waals surface area contributed by atoms with Gasteiger partial charge in [-0.1, -0.05) is 62.1 Å². The van der Waals surface area contributed by atoms with E-state index in [1.54, 1.807) is 6.26 Å². The molecular weight excluding hydrogens is 224 g/mol. The molecule has 0 saturated carbocycles. The van der Waals surface area contributed by atoms with Gasteiger partial charge in [-0.15, -0.1) is 0 Å². The molecule has 0 saturated heterocycles. The molecule has 17 heavy (non-hydrogen) atoms. The standard InChI is InChI=1S/C15H18OSi/c1-17(2,3)15-14(11-12-16-15)10-9-13-7-5-4-6-8-13/h4-12H,1-3H3/b10-9-. The van der Waals surface area contributed by atoms with E-state index in [1.807, 2.05) is 12.1 Å². The van der Waals surface area contributed by atoms with Crippen LogP contribution in [0, 0.1) is 0 Å². The quantitative estimate of drug-likeness (QED) is 0.742. The van der Waals surface area contributed by atoms with E-state index < -0.39 is 8.07 Å². The highest BCUT2D eigenvalue weighted by Gasteiger charge is 2.22. The number of furan rings is 1. The molecule has 2 rings (SSSR count). The van der Waals surface area contributed by atoms with Crippen molar-refractivity contribution < 1.29 is 4.42 Å². The molecule has 0 bridgehead atoms. The lowest BCUT2D eigenvalue weighted by atomic mass is 10.2. The van der Waals surface area contributed by atoms with Crippen LogP contribution in [0.5, 0.6) is 0 Å². The van der Waals surface area contributed by atoms with Crippen molar-refractivity contribution in [3.63, 3.8) is 0 Å². The molecule has 0 atom stereocenters. The van der Waals surface area contributed by atoms with Gasteiger partial charge in [0.15, 0.2) is 0 Å². The molecular formula is C15H18OSi. The second-order valence-electron chi connectivity index (χ2n) is 5.20. The lowest BCUT2D eigenvalue weighted by Crippen LogP contribution is -2.37. The average Bonchev–Trinajstić information content (AvgIpc) is 2.75. The maximum Gasteiger partial charge on any atom is 0.124 e. The molecule has 0 spiro atoms. The van der Waals surface area contributed by atoms with Crippen molar-refractivity contribution in [1.29, 1.82) is 0 Å². The second kappa shape index (κ2) is 4.76. The van der Waals surface area contributed by atoms with Crippen LogP contribution >= 0.6 is 0 Å². The molecule has 88 valence electrons. The SMILES string of the molecule is C[Si](C)(C)c1occc1/C=C\c1ccccc1. The first-order chi connectivity index (χ1) is 8.07. The summed E-state index contributed by atoms with van der Waals surface area (Å²) in [6.45, 7) is 6.89. The zero-order valence-electron chi connectivity index (χ0n) is 10.6. The Labute approximate surface area is 104 Å². The van der Waals surface area contributed by atoms with Gasteiger partial charge in [-0.2, -0.15) is 0 Å². The van der Waals surface area contributed by atoms with Crippen molar-refractivity contribution in [3.05, 3.63) is 53.8 Å². The van der Waals surface area contributed by atoms with Gasteiger partial charge in [0.05, 0.1) is 11.6 Å². The minimum atomic E-state index is -1.38. The summed E-state index contributed by atoms with van der Waals surface area (Å²) in [6.07, 6.45) is 6.07. The maximum atomic E-state index is 5.63. The van der Waals surface area contributed by atoms with Crippen LogP contribution in [-0.2, 0) is 0 Å². The Morgan fingerprint density at radius 2 is 1.65 bits per heavy atom. The van der Waals surface area contributed by atoms with Gasteiger partial charge in [-0.05, 0) is 11.6 Å². The smallest absolute Gasteiger partial charge is 0.124 e. The third kappa shape index (κ3) is 2.98. The zero-order chi connectivity index (χ0) is 12.3.